The zero-order valence-corrected chi connectivity index (χ0v) is 10.3. The number of halogens is 1. The monoisotopic (exact) mass is 292 g/mol. The number of hydrogen-bond acceptors (Lipinski definition) is 3. The number of anilines is 1. The van der Waals surface area contributed by atoms with Crippen LogP contribution in [0.5, 0.6) is 5.75 Å². The van der Waals surface area contributed by atoms with Gasteiger partial charge in [-0.15, -0.1) is 0 Å². The van der Waals surface area contributed by atoms with Gasteiger partial charge in [-0.25, -0.2) is 0 Å². The van der Waals surface area contributed by atoms with Gasteiger partial charge in [0.05, 0.1) is 17.4 Å². The summed E-state index contributed by atoms with van der Waals surface area (Å²) in [5.41, 5.74) is 0.803. The van der Waals surface area contributed by atoms with E-state index >= 15 is 0 Å². The normalized spacial score (nSPS) is 9.94. The first-order valence-electron chi connectivity index (χ1n) is 4.87. The molecule has 0 fully saturated rings. The summed E-state index contributed by atoms with van der Waals surface area (Å²) in [6.45, 7) is 0. The molecule has 5 heteroatoms. The SMILES string of the molecule is O=C(Nc1cccnc1)c1ccc(Br)cc1O. The van der Waals surface area contributed by atoms with Gasteiger partial charge in [-0.05, 0) is 30.3 Å². The van der Waals surface area contributed by atoms with E-state index in [-0.39, 0.29) is 17.2 Å². The van der Waals surface area contributed by atoms with Gasteiger partial charge in [0.1, 0.15) is 5.75 Å². The average Bonchev–Trinajstić information content (AvgIpc) is 2.30. The van der Waals surface area contributed by atoms with Crippen molar-refractivity contribution < 1.29 is 9.90 Å². The first-order chi connectivity index (χ1) is 8.16. The Balaban J connectivity index is 2.21. The van der Waals surface area contributed by atoms with Crippen molar-refractivity contribution in [1.29, 1.82) is 0 Å². The number of aromatic nitrogens is 1. The molecule has 1 aromatic heterocycles. The van der Waals surface area contributed by atoms with Gasteiger partial charge in [0.15, 0.2) is 0 Å². The van der Waals surface area contributed by atoms with Crippen LogP contribution in [0.4, 0.5) is 5.69 Å². The summed E-state index contributed by atoms with van der Waals surface area (Å²) >= 11 is 3.21. The van der Waals surface area contributed by atoms with E-state index in [1.54, 1.807) is 30.5 Å². The third-order valence-electron chi connectivity index (χ3n) is 2.12. The van der Waals surface area contributed by atoms with Crippen LogP contribution in [-0.4, -0.2) is 16.0 Å². The molecule has 0 aliphatic rings. The van der Waals surface area contributed by atoms with Crippen molar-refractivity contribution in [2.24, 2.45) is 0 Å². The molecule has 0 radical (unpaired) electrons. The standard InChI is InChI=1S/C12H9BrN2O2/c13-8-3-4-10(11(16)6-8)12(17)15-9-2-1-5-14-7-9/h1-7,16H,(H,15,17). The summed E-state index contributed by atoms with van der Waals surface area (Å²) in [6, 6.07) is 8.15. The number of carbonyl (C=O) groups is 1. The smallest absolute Gasteiger partial charge is 0.259 e. The van der Waals surface area contributed by atoms with E-state index < -0.39 is 0 Å². The van der Waals surface area contributed by atoms with Crippen LogP contribution in [-0.2, 0) is 0 Å². The summed E-state index contributed by atoms with van der Waals surface area (Å²) < 4.78 is 0.716. The van der Waals surface area contributed by atoms with Gasteiger partial charge in [0.2, 0.25) is 0 Å². The van der Waals surface area contributed by atoms with Gasteiger partial charge in [0, 0.05) is 10.7 Å². The predicted molar refractivity (Wildman–Crippen MR) is 68.0 cm³/mol. The second kappa shape index (κ2) is 4.97. The fourth-order valence-corrected chi connectivity index (χ4v) is 1.68. The lowest BCUT2D eigenvalue weighted by atomic mass is 10.2. The summed E-state index contributed by atoms with van der Waals surface area (Å²) in [6.07, 6.45) is 3.15. The molecule has 0 atom stereocenters. The quantitative estimate of drug-likeness (QED) is 0.895. The number of aromatic hydroxyl groups is 1. The fraction of sp³-hybridized carbons (Fsp3) is 0. The average molecular weight is 293 g/mol. The molecule has 0 bridgehead atoms. The lowest BCUT2D eigenvalue weighted by Gasteiger charge is -2.06. The fourth-order valence-electron chi connectivity index (χ4n) is 1.33. The van der Waals surface area contributed by atoms with Crippen molar-refractivity contribution in [1.82, 2.24) is 4.98 Å². The first kappa shape index (κ1) is 11.6. The second-order valence-electron chi connectivity index (χ2n) is 3.36. The van der Waals surface area contributed by atoms with E-state index in [4.69, 9.17) is 0 Å². The number of carbonyl (C=O) groups excluding carboxylic acids is 1. The molecule has 2 rings (SSSR count). The van der Waals surface area contributed by atoms with Crippen molar-refractivity contribution in [3.63, 3.8) is 0 Å². The van der Waals surface area contributed by atoms with E-state index in [0.717, 1.165) is 0 Å². The summed E-state index contributed by atoms with van der Waals surface area (Å²) in [7, 11) is 0. The second-order valence-corrected chi connectivity index (χ2v) is 4.27. The van der Waals surface area contributed by atoms with Crippen molar-refractivity contribution in [3.8, 4) is 5.75 Å². The minimum atomic E-state index is -0.372. The number of pyridine rings is 1. The Labute approximate surface area is 106 Å². The van der Waals surface area contributed by atoms with E-state index in [1.165, 1.54) is 12.3 Å². The van der Waals surface area contributed by atoms with Crippen LogP contribution in [0.3, 0.4) is 0 Å². The minimum Gasteiger partial charge on any atom is -0.507 e. The third kappa shape index (κ3) is 2.82. The highest BCUT2D eigenvalue weighted by Gasteiger charge is 2.11. The van der Waals surface area contributed by atoms with Crippen LogP contribution in [0.2, 0.25) is 0 Å². The molecular formula is C12H9BrN2O2. The Morgan fingerprint density at radius 1 is 1.35 bits per heavy atom. The van der Waals surface area contributed by atoms with E-state index in [9.17, 15) is 9.90 Å². The number of hydrogen-bond donors (Lipinski definition) is 2. The maximum atomic E-state index is 11.8. The van der Waals surface area contributed by atoms with Crippen LogP contribution in [0.1, 0.15) is 10.4 Å². The molecule has 0 aliphatic carbocycles. The molecule has 17 heavy (non-hydrogen) atoms. The zero-order chi connectivity index (χ0) is 12.3. The Bertz CT molecular complexity index is 543. The number of benzene rings is 1. The van der Waals surface area contributed by atoms with Gasteiger partial charge in [-0.3, -0.25) is 9.78 Å². The van der Waals surface area contributed by atoms with Crippen LogP contribution in [0.15, 0.2) is 47.2 Å². The van der Waals surface area contributed by atoms with Gasteiger partial charge in [-0.2, -0.15) is 0 Å². The highest BCUT2D eigenvalue weighted by atomic mass is 79.9. The number of phenolic OH excluding ortho intramolecular Hbond substituents is 1. The zero-order valence-electron chi connectivity index (χ0n) is 8.72. The minimum absolute atomic E-state index is 0.0687. The van der Waals surface area contributed by atoms with Crippen LogP contribution >= 0.6 is 15.9 Å². The summed E-state index contributed by atoms with van der Waals surface area (Å²) in [4.78, 5) is 15.7. The van der Waals surface area contributed by atoms with E-state index in [0.29, 0.717) is 10.2 Å². The van der Waals surface area contributed by atoms with Gasteiger partial charge >= 0.3 is 0 Å². The van der Waals surface area contributed by atoms with Crippen molar-refractivity contribution in [3.05, 3.63) is 52.8 Å². The number of nitrogens with one attached hydrogen (secondary N) is 1. The Morgan fingerprint density at radius 2 is 2.18 bits per heavy atom. The van der Waals surface area contributed by atoms with Crippen LogP contribution in [0, 0.1) is 0 Å². The maximum Gasteiger partial charge on any atom is 0.259 e. The number of phenols is 1. The van der Waals surface area contributed by atoms with Gasteiger partial charge < -0.3 is 10.4 Å². The Kier molecular flexibility index (Phi) is 3.39. The molecule has 0 spiro atoms. The number of rotatable bonds is 2. The van der Waals surface area contributed by atoms with Crippen molar-refractivity contribution in [2.45, 2.75) is 0 Å². The lowest BCUT2D eigenvalue weighted by molar-refractivity contribution is 0.102. The molecule has 0 unspecified atom stereocenters. The molecular weight excluding hydrogens is 284 g/mol. The maximum absolute atomic E-state index is 11.8. The molecule has 2 N–H and O–H groups in total. The molecule has 0 saturated carbocycles. The highest BCUT2D eigenvalue weighted by Crippen LogP contribution is 2.23. The first-order valence-corrected chi connectivity index (χ1v) is 5.66. The van der Waals surface area contributed by atoms with Crippen molar-refractivity contribution in [2.75, 3.05) is 5.32 Å². The van der Waals surface area contributed by atoms with E-state index in [2.05, 4.69) is 26.2 Å². The highest BCUT2D eigenvalue weighted by molar-refractivity contribution is 9.10. The van der Waals surface area contributed by atoms with Crippen LogP contribution < -0.4 is 5.32 Å². The molecule has 1 aromatic carbocycles. The largest absolute Gasteiger partial charge is 0.507 e. The number of nitrogens with zero attached hydrogens (tertiary/aromatic N) is 1. The van der Waals surface area contributed by atoms with E-state index in [1.807, 2.05) is 0 Å². The molecule has 1 heterocycles. The Morgan fingerprint density at radius 3 is 2.82 bits per heavy atom. The molecule has 0 aliphatic heterocycles. The van der Waals surface area contributed by atoms with Crippen molar-refractivity contribution >= 4 is 27.5 Å². The molecule has 86 valence electrons. The number of amides is 1. The summed E-state index contributed by atoms with van der Waals surface area (Å²) in [5, 5.41) is 12.3. The molecule has 0 saturated heterocycles. The summed E-state index contributed by atoms with van der Waals surface area (Å²) in [5.74, 6) is -0.441. The van der Waals surface area contributed by atoms with Gasteiger partial charge in [0.25, 0.3) is 5.91 Å². The van der Waals surface area contributed by atoms with Gasteiger partial charge in [-0.1, -0.05) is 15.9 Å². The van der Waals surface area contributed by atoms with Crippen LogP contribution in [0.25, 0.3) is 0 Å². The lowest BCUT2D eigenvalue weighted by Crippen LogP contribution is -2.12. The third-order valence-corrected chi connectivity index (χ3v) is 2.62. The molecule has 2 aromatic rings. The predicted octanol–water partition coefficient (Wildman–Crippen LogP) is 2.80. The Hall–Kier alpha value is -1.88. The molecule has 1 amide bonds. The molecule has 4 nitrogen and oxygen atoms in total. The topological polar surface area (TPSA) is 62.2 Å².